The van der Waals surface area contributed by atoms with Crippen molar-refractivity contribution in [2.75, 3.05) is 20.0 Å². The molecular formula is C11H18N2O3S. The Balaban J connectivity index is 2.87. The molecule has 0 saturated heterocycles. The second-order valence-electron chi connectivity index (χ2n) is 3.72. The lowest BCUT2D eigenvalue weighted by atomic mass is 10.3. The number of pyridine rings is 1. The molecule has 1 heterocycles. The summed E-state index contributed by atoms with van der Waals surface area (Å²) in [7, 11) is 2.05. The summed E-state index contributed by atoms with van der Waals surface area (Å²) >= 11 is 0. The van der Waals surface area contributed by atoms with E-state index in [1.54, 1.807) is 19.4 Å². The van der Waals surface area contributed by atoms with Gasteiger partial charge in [0.1, 0.15) is 0 Å². The highest BCUT2D eigenvalue weighted by molar-refractivity contribution is 7.84. The van der Waals surface area contributed by atoms with Gasteiger partial charge in [-0.2, -0.15) is 0 Å². The molecule has 5 nitrogen and oxygen atoms in total. The van der Waals surface area contributed by atoms with Gasteiger partial charge in [-0.15, -0.1) is 0 Å². The van der Waals surface area contributed by atoms with Crippen molar-refractivity contribution < 1.29 is 13.7 Å². The number of methoxy groups -OCH3 is 2. The van der Waals surface area contributed by atoms with Crippen LogP contribution in [-0.2, 0) is 16.6 Å². The van der Waals surface area contributed by atoms with Crippen molar-refractivity contribution in [3.63, 3.8) is 0 Å². The van der Waals surface area contributed by atoms with E-state index in [0.717, 1.165) is 0 Å². The summed E-state index contributed by atoms with van der Waals surface area (Å²) < 4.78 is 22.2. The molecule has 2 unspecified atom stereocenters. The van der Waals surface area contributed by atoms with Gasteiger partial charge in [0.2, 0.25) is 0 Å². The maximum Gasteiger partial charge on any atom is 0.183 e. The van der Waals surface area contributed by atoms with E-state index in [1.165, 1.54) is 7.11 Å². The third kappa shape index (κ3) is 3.98. The van der Waals surface area contributed by atoms with E-state index in [-0.39, 0.29) is 6.04 Å². The van der Waals surface area contributed by atoms with Crippen molar-refractivity contribution in [2.45, 2.75) is 18.7 Å². The van der Waals surface area contributed by atoms with Crippen LogP contribution in [0.1, 0.15) is 12.6 Å². The summed E-state index contributed by atoms with van der Waals surface area (Å²) in [6.07, 6.45) is 1.61. The normalized spacial score (nSPS) is 14.1. The highest BCUT2D eigenvalue weighted by atomic mass is 32.2. The largest absolute Gasteiger partial charge is 0.493 e. The van der Waals surface area contributed by atoms with Crippen LogP contribution in [0.2, 0.25) is 0 Å². The third-order valence-corrected chi connectivity index (χ3v) is 3.61. The Kier molecular flexibility index (Phi) is 5.37. The molecular weight excluding hydrogens is 240 g/mol. The van der Waals surface area contributed by atoms with E-state index < -0.39 is 10.8 Å². The minimum Gasteiger partial charge on any atom is -0.493 e. The molecule has 2 atom stereocenters. The molecule has 0 fully saturated rings. The molecule has 0 radical (unpaired) electrons. The average molecular weight is 258 g/mol. The molecule has 1 aromatic heterocycles. The van der Waals surface area contributed by atoms with E-state index in [2.05, 4.69) is 4.98 Å². The first-order chi connectivity index (χ1) is 8.08. The summed E-state index contributed by atoms with van der Waals surface area (Å²) in [5.41, 5.74) is 6.23. The predicted molar refractivity (Wildman–Crippen MR) is 67.7 cm³/mol. The Labute approximate surface area is 104 Å². The molecule has 0 aliphatic rings. The van der Waals surface area contributed by atoms with Crippen molar-refractivity contribution in [1.29, 1.82) is 0 Å². The van der Waals surface area contributed by atoms with E-state index >= 15 is 0 Å². The highest BCUT2D eigenvalue weighted by Crippen LogP contribution is 2.29. The van der Waals surface area contributed by atoms with Crippen LogP contribution in [-0.4, -0.2) is 35.2 Å². The Hall–Kier alpha value is -1.14. The summed E-state index contributed by atoms with van der Waals surface area (Å²) in [5, 5.41) is 0. The molecule has 0 aliphatic heterocycles. The first-order valence-electron chi connectivity index (χ1n) is 5.25. The fraction of sp³-hybridized carbons (Fsp3) is 0.545. The van der Waals surface area contributed by atoms with Crippen molar-refractivity contribution in [3.8, 4) is 11.5 Å². The van der Waals surface area contributed by atoms with E-state index in [1.807, 2.05) is 6.92 Å². The topological polar surface area (TPSA) is 74.4 Å². The molecule has 2 N–H and O–H groups in total. The maximum atomic E-state index is 11.8. The highest BCUT2D eigenvalue weighted by Gasteiger charge is 2.14. The third-order valence-electron chi connectivity index (χ3n) is 2.11. The van der Waals surface area contributed by atoms with Crippen molar-refractivity contribution >= 4 is 10.8 Å². The predicted octanol–water partition coefficient (Wildman–Crippen LogP) is 0.695. The quantitative estimate of drug-likeness (QED) is 0.812. The zero-order valence-electron chi connectivity index (χ0n) is 10.3. The SMILES string of the molecule is COc1ccnc(CS(=O)CC(C)N)c1OC. The molecule has 6 heteroatoms. The number of nitrogens with zero attached hydrogens (tertiary/aromatic N) is 1. The lowest BCUT2D eigenvalue weighted by Crippen LogP contribution is -2.23. The van der Waals surface area contributed by atoms with E-state index in [9.17, 15) is 4.21 Å². The molecule has 0 amide bonds. The monoisotopic (exact) mass is 258 g/mol. The number of hydrogen-bond acceptors (Lipinski definition) is 5. The van der Waals surface area contributed by atoms with Crippen LogP contribution in [0.15, 0.2) is 12.3 Å². The van der Waals surface area contributed by atoms with Crippen molar-refractivity contribution in [2.24, 2.45) is 5.73 Å². The van der Waals surface area contributed by atoms with Crippen LogP contribution < -0.4 is 15.2 Å². The Morgan fingerprint density at radius 1 is 1.47 bits per heavy atom. The number of rotatable bonds is 6. The van der Waals surface area contributed by atoms with Crippen LogP contribution in [0.4, 0.5) is 0 Å². The zero-order valence-corrected chi connectivity index (χ0v) is 11.1. The van der Waals surface area contributed by atoms with Crippen molar-refractivity contribution in [1.82, 2.24) is 4.98 Å². The molecule has 0 spiro atoms. The van der Waals surface area contributed by atoms with Crippen LogP contribution in [0.25, 0.3) is 0 Å². The van der Waals surface area contributed by atoms with Gasteiger partial charge < -0.3 is 15.2 Å². The van der Waals surface area contributed by atoms with Gasteiger partial charge >= 0.3 is 0 Å². The molecule has 17 heavy (non-hydrogen) atoms. The minimum atomic E-state index is -1.05. The summed E-state index contributed by atoms with van der Waals surface area (Å²) in [4.78, 5) is 4.17. The standard InChI is InChI=1S/C11H18N2O3S/c1-8(12)6-17(14)7-9-11(16-3)10(15-2)4-5-13-9/h4-5,8H,6-7,12H2,1-3H3. The molecule has 0 aliphatic carbocycles. The summed E-state index contributed by atoms with van der Waals surface area (Å²) in [6.45, 7) is 1.83. The molecule has 1 rings (SSSR count). The Morgan fingerprint density at radius 3 is 2.71 bits per heavy atom. The van der Waals surface area contributed by atoms with Gasteiger partial charge in [0.15, 0.2) is 11.5 Å². The Morgan fingerprint density at radius 2 is 2.18 bits per heavy atom. The van der Waals surface area contributed by atoms with Crippen LogP contribution in [0.3, 0.4) is 0 Å². The fourth-order valence-corrected chi connectivity index (χ4v) is 2.67. The number of hydrogen-bond donors (Lipinski definition) is 1. The molecule has 0 bridgehead atoms. The van der Waals surface area contributed by atoms with Gasteiger partial charge in [0, 0.05) is 34.9 Å². The Bertz CT molecular complexity index is 396. The molecule has 0 aromatic carbocycles. The molecule has 96 valence electrons. The number of aromatic nitrogens is 1. The van der Waals surface area contributed by atoms with E-state index in [4.69, 9.17) is 15.2 Å². The second-order valence-corrected chi connectivity index (χ2v) is 5.22. The summed E-state index contributed by atoms with van der Waals surface area (Å²) in [5.74, 6) is 1.90. The van der Waals surface area contributed by atoms with E-state index in [0.29, 0.717) is 28.7 Å². The second kappa shape index (κ2) is 6.56. The van der Waals surface area contributed by atoms with Crippen LogP contribution in [0.5, 0.6) is 11.5 Å². The maximum absolute atomic E-state index is 11.8. The van der Waals surface area contributed by atoms with Gasteiger partial charge in [-0.1, -0.05) is 0 Å². The zero-order chi connectivity index (χ0) is 12.8. The first kappa shape index (κ1) is 13.9. The van der Waals surface area contributed by atoms with Gasteiger partial charge in [-0.25, -0.2) is 0 Å². The first-order valence-corrected chi connectivity index (χ1v) is 6.73. The van der Waals surface area contributed by atoms with Crippen LogP contribution in [0, 0.1) is 0 Å². The fourth-order valence-electron chi connectivity index (χ4n) is 1.46. The molecule has 0 saturated carbocycles. The number of nitrogens with two attached hydrogens (primary N) is 1. The lowest BCUT2D eigenvalue weighted by Gasteiger charge is -2.11. The van der Waals surface area contributed by atoms with Gasteiger partial charge in [-0.05, 0) is 6.92 Å². The minimum absolute atomic E-state index is 0.0903. The average Bonchev–Trinajstić information content (AvgIpc) is 2.27. The lowest BCUT2D eigenvalue weighted by molar-refractivity contribution is 0.350. The van der Waals surface area contributed by atoms with Gasteiger partial charge in [0.25, 0.3) is 0 Å². The van der Waals surface area contributed by atoms with Crippen molar-refractivity contribution in [3.05, 3.63) is 18.0 Å². The van der Waals surface area contributed by atoms with Crippen LogP contribution >= 0.6 is 0 Å². The molecule has 1 aromatic rings. The summed E-state index contributed by atoms with van der Waals surface area (Å²) in [6, 6.07) is 1.61. The number of ether oxygens (including phenoxy) is 2. The van der Waals surface area contributed by atoms with Gasteiger partial charge in [0.05, 0.1) is 25.7 Å². The van der Waals surface area contributed by atoms with Gasteiger partial charge in [-0.3, -0.25) is 9.19 Å². The smallest absolute Gasteiger partial charge is 0.183 e.